The molecule has 0 aliphatic rings. The maximum atomic E-state index is 12.2. The first-order chi connectivity index (χ1) is 11.1. The average Bonchev–Trinajstić information content (AvgIpc) is 2.88. The van der Waals surface area contributed by atoms with Crippen LogP contribution in [0.15, 0.2) is 48.5 Å². The number of nitrogens with one attached hydrogen (secondary N) is 1. The number of para-hydroxylation sites is 1. The van der Waals surface area contributed by atoms with Gasteiger partial charge in [-0.1, -0.05) is 32.0 Å². The Morgan fingerprint density at radius 1 is 1.17 bits per heavy atom. The van der Waals surface area contributed by atoms with Crippen molar-refractivity contribution in [3.05, 3.63) is 59.9 Å². The Kier molecular flexibility index (Phi) is 4.15. The molecule has 1 N–H and O–H groups in total. The fraction of sp³-hybridized carbons (Fsp3) is 0.263. The molecule has 1 heterocycles. The number of hydrogen-bond donors (Lipinski definition) is 1. The monoisotopic (exact) mass is 307 g/mol. The number of rotatable bonds is 4. The van der Waals surface area contributed by atoms with E-state index < -0.39 is 0 Å². The van der Waals surface area contributed by atoms with Crippen LogP contribution in [0.2, 0.25) is 0 Å². The van der Waals surface area contributed by atoms with E-state index in [1.165, 1.54) is 0 Å². The van der Waals surface area contributed by atoms with Crippen LogP contribution in [0.5, 0.6) is 0 Å². The Morgan fingerprint density at radius 3 is 2.61 bits per heavy atom. The number of aryl methyl sites for hydroxylation is 1. The second-order valence-electron chi connectivity index (χ2n) is 6.14. The molecule has 4 heteroatoms. The number of benzene rings is 2. The van der Waals surface area contributed by atoms with Gasteiger partial charge in [0, 0.05) is 17.8 Å². The molecule has 23 heavy (non-hydrogen) atoms. The van der Waals surface area contributed by atoms with Crippen LogP contribution >= 0.6 is 0 Å². The molecule has 118 valence electrons. The van der Waals surface area contributed by atoms with E-state index in [9.17, 15) is 4.79 Å². The molecule has 0 radical (unpaired) electrons. The number of hydrogen-bond acceptors (Lipinski definition) is 2. The topological polar surface area (TPSA) is 46.9 Å². The molecule has 0 fully saturated rings. The lowest BCUT2D eigenvalue weighted by atomic mass is 10.1. The fourth-order valence-electron chi connectivity index (χ4n) is 2.64. The largest absolute Gasteiger partial charge is 0.352 e. The van der Waals surface area contributed by atoms with Gasteiger partial charge < -0.3 is 5.32 Å². The molecule has 3 aromatic rings. The minimum atomic E-state index is -0.0486. The van der Waals surface area contributed by atoms with Crippen LogP contribution in [0.3, 0.4) is 0 Å². The summed E-state index contributed by atoms with van der Waals surface area (Å²) >= 11 is 0. The minimum Gasteiger partial charge on any atom is -0.352 e. The average molecular weight is 307 g/mol. The van der Waals surface area contributed by atoms with E-state index in [-0.39, 0.29) is 5.91 Å². The van der Waals surface area contributed by atoms with E-state index >= 15 is 0 Å². The number of nitrogens with zero attached hydrogens (tertiary/aromatic N) is 2. The van der Waals surface area contributed by atoms with Gasteiger partial charge in [-0.3, -0.25) is 9.36 Å². The summed E-state index contributed by atoms with van der Waals surface area (Å²) < 4.78 is 2.10. The van der Waals surface area contributed by atoms with Crippen LogP contribution in [-0.4, -0.2) is 22.0 Å². The highest BCUT2D eigenvalue weighted by atomic mass is 16.1. The normalized spacial score (nSPS) is 11.1. The van der Waals surface area contributed by atoms with Gasteiger partial charge in [0.05, 0.1) is 11.0 Å². The van der Waals surface area contributed by atoms with Crippen molar-refractivity contribution in [3.8, 4) is 5.69 Å². The van der Waals surface area contributed by atoms with Crippen LogP contribution in [0, 0.1) is 12.8 Å². The number of aromatic nitrogens is 2. The van der Waals surface area contributed by atoms with Crippen LogP contribution < -0.4 is 5.32 Å². The van der Waals surface area contributed by atoms with Gasteiger partial charge >= 0.3 is 0 Å². The molecule has 0 bridgehead atoms. The Bertz CT molecular complexity index is 834. The van der Waals surface area contributed by atoms with Crippen molar-refractivity contribution in [3.63, 3.8) is 0 Å². The third kappa shape index (κ3) is 3.11. The van der Waals surface area contributed by atoms with Crippen molar-refractivity contribution in [1.82, 2.24) is 14.9 Å². The second kappa shape index (κ2) is 6.24. The van der Waals surface area contributed by atoms with Crippen LogP contribution in [-0.2, 0) is 0 Å². The van der Waals surface area contributed by atoms with E-state index in [4.69, 9.17) is 0 Å². The van der Waals surface area contributed by atoms with Gasteiger partial charge in [0.25, 0.3) is 5.91 Å². The van der Waals surface area contributed by atoms with Gasteiger partial charge in [0.1, 0.15) is 5.82 Å². The maximum Gasteiger partial charge on any atom is 0.251 e. The zero-order chi connectivity index (χ0) is 16.4. The first-order valence-electron chi connectivity index (χ1n) is 7.89. The SMILES string of the molecule is Cc1nc2cc(C(=O)NCC(C)C)ccc2n1-c1ccccc1. The quantitative estimate of drug-likeness (QED) is 0.798. The molecular formula is C19H21N3O. The zero-order valence-electron chi connectivity index (χ0n) is 13.7. The van der Waals surface area contributed by atoms with Crippen molar-refractivity contribution < 1.29 is 4.79 Å². The summed E-state index contributed by atoms with van der Waals surface area (Å²) in [7, 11) is 0. The molecule has 0 saturated carbocycles. The summed E-state index contributed by atoms with van der Waals surface area (Å²) in [6, 6.07) is 15.8. The summed E-state index contributed by atoms with van der Waals surface area (Å²) in [4.78, 5) is 16.8. The summed E-state index contributed by atoms with van der Waals surface area (Å²) in [5, 5.41) is 2.94. The van der Waals surface area contributed by atoms with Gasteiger partial charge in [-0.15, -0.1) is 0 Å². The third-order valence-electron chi connectivity index (χ3n) is 3.77. The lowest BCUT2D eigenvalue weighted by Gasteiger charge is -2.08. The second-order valence-corrected chi connectivity index (χ2v) is 6.14. The zero-order valence-corrected chi connectivity index (χ0v) is 13.7. The van der Waals surface area contributed by atoms with Crippen molar-refractivity contribution in [1.29, 1.82) is 0 Å². The van der Waals surface area contributed by atoms with E-state index in [1.807, 2.05) is 43.3 Å². The molecular weight excluding hydrogens is 286 g/mol. The smallest absolute Gasteiger partial charge is 0.251 e. The number of imidazole rings is 1. The number of fused-ring (bicyclic) bond motifs is 1. The van der Waals surface area contributed by atoms with Crippen LogP contribution in [0.4, 0.5) is 0 Å². The summed E-state index contributed by atoms with van der Waals surface area (Å²) in [6.07, 6.45) is 0. The standard InChI is InChI=1S/C19H21N3O/c1-13(2)12-20-19(23)15-9-10-18-17(11-15)21-14(3)22(18)16-7-5-4-6-8-16/h4-11,13H,12H2,1-3H3,(H,20,23). The maximum absolute atomic E-state index is 12.2. The van der Waals surface area contributed by atoms with Gasteiger partial charge in [-0.25, -0.2) is 4.98 Å². The Hall–Kier alpha value is -2.62. The predicted octanol–water partition coefficient (Wildman–Crippen LogP) is 3.72. The molecule has 2 aromatic carbocycles. The molecule has 0 aliphatic carbocycles. The van der Waals surface area contributed by atoms with Crippen molar-refractivity contribution in [2.75, 3.05) is 6.54 Å². The highest BCUT2D eigenvalue weighted by Gasteiger charge is 2.12. The molecule has 0 spiro atoms. The number of carbonyl (C=O) groups is 1. The molecule has 1 amide bonds. The van der Waals surface area contributed by atoms with E-state index in [0.29, 0.717) is 18.0 Å². The lowest BCUT2D eigenvalue weighted by Crippen LogP contribution is -2.27. The van der Waals surface area contributed by atoms with Crippen molar-refractivity contribution in [2.45, 2.75) is 20.8 Å². The summed E-state index contributed by atoms with van der Waals surface area (Å²) in [6.45, 7) is 6.81. The van der Waals surface area contributed by atoms with E-state index in [1.54, 1.807) is 0 Å². The Morgan fingerprint density at radius 2 is 1.91 bits per heavy atom. The Labute approximate surface area is 136 Å². The van der Waals surface area contributed by atoms with Crippen molar-refractivity contribution >= 4 is 16.9 Å². The molecule has 0 saturated heterocycles. The number of carbonyl (C=O) groups excluding carboxylic acids is 1. The molecule has 0 atom stereocenters. The highest BCUT2D eigenvalue weighted by molar-refractivity contribution is 5.97. The molecule has 4 nitrogen and oxygen atoms in total. The van der Waals surface area contributed by atoms with Crippen LogP contribution in [0.25, 0.3) is 16.7 Å². The summed E-state index contributed by atoms with van der Waals surface area (Å²) in [5.41, 5.74) is 3.57. The molecule has 0 unspecified atom stereocenters. The van der Waals surface area contributed by atoms with Gasteiger partial charge in [0.2, 0.25) is 0 Å². The first-order valence-corrected chi connectivity index (χ1v) is 7.89. The molecule has 3 rings (SSSR count). The first kappa shape index (κ1) is 15.3. The lowest BCUT2D eigenvalue weighted by molar-refractivity contribution is 0.0949. The number of amides is 1. The third-order valence-corrected chi connectivity index (χ3v) is 3.77. The van der Waals surface area contributed by atoms with Crippen LogP contribution in [0.1, 0.15) is 30.0 Å². The van der Waals surface area contributed by atoms with E-state index in [0.717, 1.165) is 22.5 Å². The molecule has 0 aliphatic heterocycles. The highest BCUT2D eigenvalue weighted by Crippen LogP contribution is 2.22. The van der Waals surface area contributed by atoms with Gasteiger partial charge in [-0.2, -0.15) is 0 Å². The van der Waals surface area contributed by atoms with Gasteiger partial charge in [-0.05, 0) is 43.2 Å². The predicted molar refractivity (Wildman–Crippen MR) is 93.0 cm³/mol. The van der Waals surface area contributed by atoms with Crippen molar-refractivity contribution in [2.24, 2.45) is 5.92 Å². The van der Waals surface area contributed by atoms with Gasteiger partial charge in [0.15, 0.2) is 0 Å². The minimum absolute atomic E-state index is 0.0486. The summed E-state index contributed by atoms with van der Waals surface area (Å²) in [5.74, 6) is 1.29. The fourth-order valence-corrected chi connectivity index (χ4v) is 2.64. The van der Waals surface area contributed by atoms with E-state index in [2.05, 4.69) is 40.8 Å². The molecule has 1 aromatic heterocycles. The Balaban J connectivity index is 1.98.